The first-order chi connectivity index (χ1) is 13.4. The van der Waals surface area contributed by atoms with Crippen molar-refractivity contribution in [1.29, 1.82) is 0 Å². The summed E-state index contributed by atoms with van der Waals surface area (Å²) in [4.78, 5) is 29.2. The Balaban J connectivity index is 1.55. The molecule has 146 valence electrons. The Morgan fingerprint density at radius 2 is 1.64 bits per heavy atom. The second kappa shape index (κ2) is 6.77. The topological polar surface area (TPSA) is 132 Å². The molecule has 2 heterocycles. The van der Waals surface area contributed by atoms with Crippen LogP contribution >= 0.6 is 0 Å². The summed E-state index contributed by atoms with van der Waals surface area (Å²) >= 11 is 0. The van der Waals surface area contributed by atoms with Gasteiger partial charge in [0.05, 0.1) is 20.9 Å². The molecule has 1 saturated heterocycles. The molecule has 4 rings (SSSR count). The predicted molar refractivity (Wildman–Crippen MR) is 103 cm³/mol. The number of hydrogen-bond donors (Lipinski definition) is 2. The van der Waals surface area contributed by atoms with E-state index >= 15 is 0 Å². The lowest BCUT2D eigenvalue weighted by Gasteiger charge is -2.35. The summed E-state index contributed by atoms with van der Waals surface area (Å²) in [6.45, 7) is 1.09. The van der Waals surface area contributed by atoms with Gasteiger partial charge in [-0.05, 0) is 24.3 Å². The second-order valence-electron chi connectivity index (χ2n) is 6.42. The Labute approximate surface area is 159 Å². The van der Waals surface area contributed by atoms with Gasteiger partial charge < -0.3 is 14.9 Å². The molecule has 2 N–H and O–H groups in total. The van der Waals surface area contributed by atoms with Gasteiger partial charge in [0.15, 0.2) is 0 Å². The van der Waals surface area contributed by atoms with Crippen molar-refractivity contribution >= 4 is 32.4 Å². The van der Waals surface area contributed by atoms with Gasteiger partial charge in [0, 0.05) is 32.2 Å². The molecule has 0 aliphatic carbocycles. The summed E-state index contributed by atoms with van der Waals surface area (Å²) in [6, 6.07) is 10.8. The summed E-state index contributed by atoms with van der Waals surface area (Å²) < 4.78 is 27.3. The van der Waals surface area contributed by atoms with Crippen molar-refractivity contribution in [2.45, 2.75) is 4.90 Å². The van der Waals surface area contributed by atoms with Gasteiger partial charge in [-0.3, -0.25) is 10.1 Å². The molecule has 1 aliphatic heterocycles. The maximum atomic E-state index is 13.0. The highest BCUT2D eigenvalue weighted by Gasteiger charge is 2.30. The molecule has 0 amide bonds. The minimum Gasteiger partial charge on any atom is -0.363 e. The zero-order valence-corrected chi connectivity index (χ0v) is 15.5. The van der Waals surface area contributed by atoms with Gasteiger partial charge in [-0.1, -0.05) is 12.1 Å². The number of aromatic nitrogens is 2. The Morgan fingerprint density at radius 3 is 2.36 bits per heavy atom. The first-order valence-corrected chi connectivity index (χ1v) is 10.0. The SMILES string of the molecule is O=c1[nH]c2ccc(S(=O)(=O)N3CCN(c4ccccc4[N+](=O)[O-])CC3)cc2[nH]1. The summed E-state index contributed by atoms with van der Waals surface area (Å²) in [7, 11) is -3.74. The Hall–Kier alpha value is -3.18. The number of sulfonamides is 1. The summed E-state index contributed by atoms with van der Waals surface area (Å²) in [5.74, 6) is 0. The van der Waals surface area contributed by atoms with Crippen molar-refractivity contribution in [2.24, 2.45) is 0 Å². The van der Waals surface area contributed by atoms with E-state index < -0.39 is 20.6 Å². The van der Waals surface area contributed by atoms with E-state index in [1.807, 2.05) is 4.90 Å². The molecule has 0 radical (unpaired) electrons. The van der Waals surface area contributed by atoms with Crippen LogP contribution in [-0.2, 0) is 10.0 Å². The number of imidazole rings is 1. The van der Waals surface area contributed by atoms with Crippen LogP contribution in [0.25, 0.3) is 11.0 Å². The van der Waals surface area contributed by atoms with Crippen LogP contribution < -0.4 is 10.6 Å². The fourth-order valence-electron chi connectivity index (χ4n) is 3.38. The number of nitrogens with zero attached hydrogens (tertiary/aromatic N) is 3. The molecule has 3 aromatic rings. The van der Waals surface area contributed by atoms with E-state index in [4.69, 9.17) is 0 Å². The molecular formula is C17H17N5O5S. The van der Waals surface area contributed by atoms with E-state index in [0.29, 0.717) is 29.8 Å². The van der Waals surface area contributed by atoms with Crippen molar-refractivity contribution in [2.75, 3.05) is 31.1 Å². The maximum absolute atomic E-state index is 13.0. The highest BCUT2D eigenvalue weighted by Crippen LogP contribution is 2.29. The normalized spacial score (nSPS) is 15.8. The number of H-pyrrole nitrogens is 2. The van der Waals surface area contributed by atoms with Gasteiger partial charge in [0.2, 0.25) is 10.0 Å². The van der Waals surface area contributed by atoms with Crippen LogP contribution in [0.15, 0.2) is 52.2 Å². The number of fused-ring (bicyclic) bond motifs is 1. The average Bonchev–Trinajstić information content (AvgIpc) is 3.07. The van der Waals surface area contributed by atoms with E-state index in [2.05, 4.69) is 9.97 Å². The molecule has 0 saturated carbocycles. The van der Waals surface area contributed by atoms with Crippen LogP contribution in [0.4, 0.5) is 11.4 Å². The first kappa shape index (κ1) is 18.2. The van der Waals surface area contributed by atoms with Crippen molar-refractivity contribution in [3.05, 3.63) is 63.1 Å². The molecule has 0 spiro atoms. The van der Waals surface area contributed by atoms with E-state index in [-0.39, 0.29) is 23.7 Å². The Kier molecular flexibility index (Phi) is 4.40. The lowest BCUT2D eigenvalue weighted by molar-refractivity contribution is -0.384. The smallest absolute Gasteiger partial charge is 0.323 e. The largest absolute Gasteiger partial charge is 0.363 e. The Morgan fingerprint density at radius 1 is 0.964 bits per heavy atom. The van der Waals surface area contributed by atoms with Crippen LogP contribution in [0, 0.1) is 10.1 Å². The lowest BCUT2D eigenvalue weighted by Crippen LogP contribution is -2.48. The predicted octanol–water partition coefficient (Wildman–Crippen LogP) is 1.28. The highest BCUT2D eigenvalue weighted by atomic mass is 32.2. The second-order valence-corrected chi connectivity index (χ2v) is 8.36. The van der Waals surface area contributed by atoms with Gasteiger partial charge in [-0.2, -0.15) is 4.31 Å². The quantitative estimate of drug-likeness (QED) is 0.498. The lowest BCUT2D eigenvalue weighted by atomic mass is 10.2. The van der Waals surface area contributed by atoms with Crippen LogP contribution in [-0.4, -0.2) is 53.8 Å². The van der Waals surface area contributed by atoms with Crippen LogP contribution in [0.3, 0.4) is 0 Å². The minimum atomic E-state index is -3.74. The van der Waals surface area contributed by atoms with Crippen molar-refractivity contribution < 1.29 is 13.3 Å². The molecule has 1 aromatic heterocycles. The molecule has 11 heteroatoms. The van der Waals surface area contributed by atoms with E-state index in [1.54, 1.807) is 24.3 Å². The molecular weight excluding hydrogens is 386 g/mol. The fraction of sp³-hybridized carbons (Fsp3) is 0.235. The van der Waals surface area contributed by atoms with Crippen LogP contribution in [0.5, 0.6) is 0 Å². The monoisotopic (exact) mass is 403 g/mol. The summed E-state index contributed by atoms with van der Waals surface area (Å²) in [5, 5.41) is 11.2. The molecule has 28 heavy (non-hydrogen) atoms. The number of para-hydroxylation sites is 2. The number of benzene rings is 2. The third kappa shape index (κ3) is 3.14. The highest BCUT2D eigenvalue weighted by molar-refractivity contribution is 7.89. The van der Waals surface area contributed by atoms with Crippen molar-refractivity contribution in [1.82, 2.24) is 14.3 Å². The molecule has 0 unspecified atom stereocenters. The number of anilines is 1. The van der Waals surface area contributed by atoms with Gasteiger partial charge in [0.1, 0.15) is 5.69 Å². The number of aromatic amines is 2. The van der Waals surface area contributed by atoms with Gasteiger partial charge in [-0.25, -0.2) is 13.2 Å². The zero-order chi connectivity index (χ0) is 19.9. The van der Waals surface area contributed by atoms with E-state index in [9.17, 15) is 23.3 Å². The van der Waals surface area contributed by atoms with E-state index in [0.717, 1.165) is 0 Å². The number of piperazine rings is 1. The number of nitro benzene ring substituents is 1. The van der Waals surface area contributed by atoms with Gasteiger partial charge in [0.25, 0.3) is 5.69 Å². The van der Waals surface area contributed by atoms with Gasteiger partial charge >= 0.3 is 5.69 Å². The van der Waals surface area contributed by atoms with Crippen molar-refractivity contribution in [3.8, 4) is 0 Å². The number of nitro groups is 1. The average molecular weight is 403 g/mol. The summed E-state index contributed by atoms with van der Waals surface area (Å²) in [5.41, 5.74) is 1.04. The zero-order valence-electron chi connectivity index (χ0n) is 14.7. The number of nitrogens with one attached hydrogen (secondary N) is 2. The molecule has 1 aliphatic rings. The van der Waals surface area contributed by atoms with E-state index in [1.165, 1.54) is 22.5 Å². The third-order valence-corrected chi connectivity index (χ3v) is 6.68. The standard InChI is InChI=1S/C17H17N5O5S/c23-17-18-13-6-5-12(11-14(13)19-17)28(26,27)21-9-7-20(8-10-21)15-3-1-2-4-16(15)22(24)25/h1-6,11H,7-10H2,(H2,18,19,23). The minimum absolute atomic E-state index is 0.000621. The number of rotatable bonds is 4. The maximum Gasteiger partial charge on any atom is 0.323 e. The van der Waals surface area contributed by atoms with Crippen LogP contribution in [0.2, 0.25) is 0 Å². The number of hydrogen-bond acceptors (Lipinski definition) is 6. The van der Waals surface area contributed by atoms with Crippen LogP contribution in [0.1, 0.15) is 0 Å². The van der Waals surface area contributed by atoms with Crippen molar-refractivity contribution in [3.63, 3.8) is 0 Å². The first-order valence-electron chi connectivity index (χ1n) is 8.57. The Bertz CT molecular complexity index is 1210. The molecule has 0 bridgehead atoms. The summed E-state index contributed by atoms with van der Waals surface area (Å²) in [6.07, 6.45) is 0. The van der Waals surface area contributed by atoms with Gasteiger partial charge in [-0.15, -0.1) is 0 Å². The molecule has 0 atom stereocenters. The third-order valence-electron chi connectivity index (χ3n) is 4.78. The fourth-order valence-corrected chi connectivity index (χ4v) is 4.83. The molecule has 1 fully saturated rings. The molecule has 10 nitrogen and oxygen atoms in total. The molecule has 2 aromatic carbocycles.